The van der Waals surface area contributed by atoms with Gasteiger partial charge in [-0.25, -0.2) is 9.37 Å². The van der Waals surface area contributed by atoms with Crippen molar-refractivity contribution in [3.63, 3.8) is 0 Å². The van der Waals surface area contributed by atoms with Gasteiger partial charge in [-0.2, -0.15) is 5.10 Å². The van der Waals surface area contributed by atoms with Crippen molar-refractivity contribution in [2.75, 3.05) is 36.5 Å². The number of pyridine rings is 1. The minimum Gasteiger partial charge on any atom is -0.378 e. The molecule has 7 rings (SSSR count). The van der Waals surface area contributed by atoms with E-state index in [1.807, 2.05) is 30.5 Å². The molecule has 2 fully saturated rings. The zero-order valence-corrected chi connectivity index (χ0v) is 19.5. The number of carbonyl (C=O) groups is 1. The van der Waals surface area contributed by atoms with Crippen LogP contribution in [0.15, 0.2) is 54.7 Å². The zero-order chi connectivity index (χ0) is 24.3. The third-order valence-corrected chi connectivity index (χ3v) is 7.63. The van der Waals surface area contributed by atoms with Crippen LogP contribution in [0.2, 0.25) is 0 Å². The third-order valence-electron chi connectivity index (χ3n) is 7.63. The van der Waals surface area contributed by atoms with E-state index in [-0.39, 0.29) is 17.6 Å². The molecule has 0 bridgehead atoms. The van der Waals surface area contributed by atoms with E-state index < -0.39 is 5.41 Å². The van der Waals surface area contributed by atoms with Gasteiger partial charge >= 0.3 is 0 Å². The summed E-state index contributed by atoms with van der Waals surface area (Å²) in [5, 5.41) is 11.5. The highest BCUT2D eigenvalue weighted by molar-refractivity contribution is 6.10. The number of anilines is 2. The first-order valence-corrected chi connectivity index (χ1v) is 12.2. The number of fused-ring (bicyclic) bond motifs is 3. The second-order valence-electron chi connectivity index (χ2n) is 9.67. The molecule has 36 heavy (non-hydrogen) atoms. The number of halogens is 1. The molecular formula is C28H24FN5O2. The summed E-state index contributed by atoms with van der Waals surface area (Å²) in [5.41, 5.74) is 4.60. The highest BCUT2D eigenvalue weighted by Gasteiger charge is 2.65. The van der Waals surface area contributed by atoms with Crippen LogP contribution in [0.3, 0.4) is 0 Å². The SMILES string of the molecule is O=C1Nc2ccc(F)cc2C12C[C@H]2c1ccc2c(/C=C/c3ccc(N4CCOCC4)nc3)n[nH]c2c1. The van der Waals surface area contributed by atoms with E-state index in [9.17, 15) is 9.18 Å². The van der Waals surface area contributed by atoms with Gasteiger partial charge in [0.1, 0.15) is 11.6 Å². The van der Waals surface area contributed by atoms with Crippen LogP contribution in [-0.2, 0) is 14.9 Å². The fourth-order valence-electron chi connectivity index (χ4n) is 5.62. The van der Waals surface area contributed by atoms with Crippen LogP contribution >= 0.6 is 0 Å². The van der Waals surface area contributed by atoms with Crippen LogP contribution in [0.1, 0.15) is 34.7 Å². The monoisotopic (exact) mass is 481 g/mol. The number of amides is 1. The van der Waals surface area contributed by atoms with Crippen molar-refractivity contribution >= 4 is 40.5 Å². The van der Waals surface area contributed by atoms with Crippen LogP contribution in [-0.4, -0.2) is 47.4 Å². The Kier molecular flexibility index (Phi) is 4.72. The summed E-state index contributed by atoms with van der Waals surface area (Å²) >= 11 is 0. The molecular weight excluding hydrogens is 457 g/mol. The van der Waals surface area contributed by atoms with Gasteiger partial charge in [0.05, 0.1) is 29.8 Å². The van der Waals surface area contributed by atoms with Crippen molar-refractivity contribution in [3.05, 3.63) is 82.9 Å². The minimum absolute atomic E-state index is 0.0169. The average molecular weight is 482 g/mol. The van der Waals surface area contributed by atoms with Gasteiger partial charge in [0.15, 0.2) is 0 Å². The molecule has 3 aliphatic rings. The van der Waals surface area contributed by atoms with Crippen LogP contribution in [0, 0.1) is 5.82 Å². The maximum atomic E-state index is 13.9. The fraction of sp³-hybridized carbons (Fsp3) is 0.250. The first-order chi connectivity index (χ1) is 17.6. The number of rotatable bonds is 4. The van der Waals surface area contributed by atoms with E-state index in [1.54, 1.807) is 6.07 Å². The lowest BCUT2D eigenvalue weighted by Gasteiger charge is -2.27. The highest BCUT2D eigenvalue weighted by Crippen LogP contribution is 2.65. The molecule has 2 aliphatic heterocycles. The number of carbonyl (C=O) groups excluding carboxylic acids is 1. The van der Waals surface area contributed by atoms with Gasteiger partial charge in [-0.05, 0) is 65.6 Å². The number of hydrogen-bond donors (Lipinski definition) is 2. The van der Waals surface area contributed by atoms with Gasteiger partial charge < -0.3 is 15.0 Å². The van der Waals surface area contributed by atoms with Gasteiger partial charge in [-0.15, -0.1) is 0 Å². The van der Waals surface area contributed by atoms with Crippen LogP contribution in [0.25, 0.3) is 23.1 Å². The van der Waals surface area contributed by atoms with Crippen molar-refractivity contribution in [2.45, 2.75) is 17.8 Å². The van der Waals surface area contributed by atoms with Gasteiger partial charge in [0.2, 0.25) is 5.91 Å². The normalized spacial score (nSPS) is 23.0. The summed E-state index contributed by atoms with van der Waals surface area (Å²) in [4.78, 5) is 19.7. The number of ether oxygens (including phenoxy) is 1. The Balaban J connectivity index is 1.11. The summed E-state index contributed by atoms with van der Waals surface area (Å²) in [6.07, 6.45) is 6.53. The number of H-pyrrole nitrogens is 1. The zero-order valence-electron chi connectivity index (χ0n) is 19.5. The lowest BCUT2D eigenvalue weighted by molar-refractivity contribution is -0.118. The quantitative estimate of drug-likeness (QED) is 0.449. The first kappa shape index (κ1) is 21.3. The van der Waals surface area contributed by atoms with Crippen molar-refractivity contribution < 1.29 is 13.9 Å². The van der Waals surface area contributed by atoms with Crippen LogP contribution < -0.4 is 10.2 Å². The molecule has 8 heteroatoms. The molecule has 7 nitrogen and oxygen atoms in total. The molecule has 1 spiro atoms. The maximum absolute atomic E-state index is 13.9. The first-order valence-electron chi connectivity index (χ1n) is 12.2. The largest absolute Gasteiger partial charge is 0.378 e. The van der Waals surface area contributed by atoms with Crippen molar-refractivity contribution in [3.8, 4) is 0 Å². The van der Waals surface area contributed by atoms with E-state index in [0.717, 1.165) is 65.4 Å². The Bertz CT molecular complexity index is 1520. The molecule has 4 aromatic rings. The predicted octanol–water partition coefficient (Wildman–Crippen LogP) is 4.48. The van der Waals surface area contributed by atoms with Gasteiger partial charge in [0.25, 0.3) is 0 Å². The molecule has 1 amide bonds. The minimum atomic E-state index is -0.672. The smallest absolute Gasteiger partial charge is 0.235 e. The summed E-state index contributed by atoms with van der Waals surface area (Å²) < 4.78 is 19.3. The van der Waals surface area contributed by atoms with Gasteiger partial charge in [-0.3, -0.25) is 9.89 Å². The third kappa shape index (κ3) is 3.32. The van der Waals surface area contributed by atoms with E-state index in [4.69, 9.17) is 4.74 Å². The van der Waals surface area contributed by atoms with E-state index in [2.05, 4.69) is 43.6 Å². The number of nitrogens with zero attached hydrogens (tertiary/aromatic N) is 3. The lowest BCUT2D eigenvalue weighted by Crippen LogP contribution is -2.36. The Morgan fingerprint density at radius 1 is 1.08 bits per heavy atom. The molecule has 2 N–H and O–H groups in total. The second kappa shape index (κ2) is 7.99. The van der Waals surface area contributed by atoms with Crippen LogP contribution in [0.5, 0.6) is 0 Å². The molecule has 1 saturated carbocycles. The summed E-state index contributed by atoms with van der Waals surface area (Å²) in [6.45, 7) is 3.19. The van der Waals surface area contributed by atoms with Crippen molar-refractivity contribution in [1.82, 2.24) is 15.2 Å². The standard InChI is InChI=1S/C28H24FN5O2/c29-19-4-7-24-21(14-19)28(27(35)31-24)15-22(28)18-3-5-20-23(32-33-25(20)13-18)6-1-17-2-8-26(30-16-17)34-9-11-36-12-10-34/h1-8,13-14,16,22H,9-12,15H2,(H,31,35)(H,32,33)/b6-1+/t22-,28?/m0/s1. The predicted molar refractivity (Wildman–Crippen MR) is 136 cm³/mol. The number of nitrogens with one attached hydrogen (secondary N) is 2. The van der Waals surface area contributed by atoms with Crippen molar-refractivity contribution in [1.29, 1.82) is 0 Å². The molecule has 2 aromatic carbocycles. The fourth-order valence-corrected chi connectivity index (χ4v) is 5.62. The number of benzene rings is 2. The average Bonchev–Trinajstić information content (AvgIpc) is 3.46. The Morgan fingerprint density at radius 2 is 1.97 bits per heavy atom. The molecule has 1 unspecified atom stereocenters. The summed E-state index contributed by atoms with van der Waals surface area (Å²) in [7, 11) is 0. The number of morpholine rings is 1. The highest BCUT2D eigenvalue weighted by atomic mass is 19.1. The molecule has 180 valence electrons. The maximum Gasteiger partial charge on any atom is 0.235 e. The second-order valence-corrected chi connectivity index (χ2v) is 9.67. The van der Waals surface area contributed by atoms with E-state index in [1.165, 1.54) is 12.1 Å². The Labute approximate surface area is 207 Å². The van der Waals surface area contributed by atoms with Gasteiger partial charge in [-0.1, -0.05) is 18.2 Å². The molecule has 1 saturated heterocycles. The molecule has 2 atom stereocenters. The molecule has 2 aromatic heterocycles. The summed E-state index contributed by atoms with van der Waals surface area (Å²) in [6, 6.07) is 14.8. The topological polar surface area (TPSA) is 83.1 Å². The van der Waals surface area contributed by atoms with Crippen molar-refractivity contribution in [2.24, 2.45) is 0 Å². The van der Waals surface area contributed by atoms with E-state index in [0.29, 0.717) is 12.1 Å². The van der Waals surface area contributed by atoms with E-state index >= 15 is 0 Å². The lowest BCUT2D eigenvalue weighted by atomic mass is 9.91. The number of hydrogen-bond acceptors (Lipinski definition) is 5. The number of aromatic nitrogens is 3. The Morgan fingerprint density at radius 3 is 2.81 bits per heavy atom. The Hall–Kier alpha value is -4.04. The van der Waals surface area contributed by atoms with Crippen LogP contribution in [0.4, 0.5) is 15.9 Å². The summed E-state index contributed by atoms with van der Waals surface area (Å²) in [5.74, 6) is 0.618. The molecule has 4 heterocycles. The van der Waals surface area contributed by atoms with Gasteiger partial charge in [0, 0.05) is 36.3 Å². The number of aromatic amines is 1. The molecule has 0 radical (unpaired) electrons. The molecule has 1 aliphatic carbocycles.